The molecule has 0 spiro atoms. The minimum absolute atomic E-state index is 0.222. The molecule has 3 nitrogen and oxygen atoms in total. The lowest BCUT2D eigenvalue weighted by Gasteiger charge is -2.04. The van der Waals surface area contributed by atoms with Gasteiger partial charge in [-0.2, -0.15) is 0 Å². The molecule has 0 aromatic carbocycles. The lowest BCUT2D eigenvalue weighted by atomic mass is 10.3. The van der Waals surface area contributed by atoms with Crippen molar-refractivity contribution in [2.24, 2.45) is 0 Å². The number of aromatic nitrogens is 2. The molecule has 4 heteroatoms. The van der Waals surface area contributed by atoms with Crippen molar-refractivity contribution in [3.8, 4) is 11.8 Å². The predicted molar refractivity (Wildman–Crippen MR) is 53.3 cm³/mol. The van der Waals surface area contributed by atoms with Gasteiger partial charge in [0.15, 0.2) is 11.6 Å². The van der Waals surface area contributed by atoms with Crippen molar-refractivity contribution in [2.75, 3.05) is 11.9 Å². The van der Waals surface area contributed by atoms with Crippen LogP contribution < -0.4 is 5.32 Å². The zero-order chi connectivity index (χ0) is 10.4. The van der Waals surface area contributed by atoms with Crippen LogP contribution in [0, 0.1) is 17.7 Å². The third kappa shape index (κ3) is 2.43. The zero-order valence-electron chi connectivity index (χ0n) is 8.26. The summed E-state index contributed by atoms with van der Waals surface area (Å²) in [5.41, 5.74) is 0.423. The van der Waals surface area contributed by atoms with Gasteiger partial charge in [0.05, 0.1) is 12.2 Å². The Morgan fingerprint density at radius 2 is 2.29 bits per heavy atom. The van der Waals surface area contributed by atoms with E-state index in [1.165, 1.54) is 6.33 Å². The van der Waals surface area contributed by atoms with E-state index in [2.05, 4.69) is 27.1 Å². The number of halogens is 1. The van der Waals surface area contributed by atoms with E-state index in [1.54, 1.807) is 6.92 Å². The summed E-state index contributed by atoms with van der Waals surface area (Å²) in [5, 5.41) is 2.79. The summed E-state index contributed by atoms with van der Waals surface area (Å²) in [6.45, 7) is 3.98. The first-order valence-electron chi connectivity index (χ1n) is 4.42. The smallest absolute Gasteiger partial charge is 0.186 e. The van der Waals surface area contributed by atoms with Crippen LogP contribution in [0.3, 0.4) is 0 Å². The molecule has 0 aliphatic carbocycles. The fourth-order valence-electron chi connectivity index (χ4n) is 0.992. The van der Waals surface area contributed by atoms with Gasteiger partial charge in [0.1, 0.15) is 6.33 Å². The molecule has 1 rings (SSSR count). The van der Waals surface area contributed by atoms with Crippen molar-refractivity contribution >= 4 is 5.82 Å². The molecule has 0 saturated heterocycles. The van der Waals surface area contributed by atoms with Gasteiger partial charge >= 0.3 is 0 Å². The maximum Gasteiger partial charge on any atom is 0.186 e. The standard InChI is InChI=1S/C10H12FN3/c1-3-5-6-12-10-9(11)8(4-2)13-7-14-10/h7H,4,6H2,1-2H3,(H,12,13,14). The quantitative estimate of drug-likeness (QED) is 0.741. The van der Waals surface area contributed by atoms with Crippen LogP contribution in [0.4, 0.5) is 10.2 Å². The third-order valence-electron chi connectivity index (χ3n) is 1.72. The predicted octanol–water partition coefficient (Wildman–Crippen LogP) is 1.61. The molecule has 1 aromatic rings. The van der Waals surface area contributed by atoms with Crippen molar-refractivity contribution in [3.63, 3.8) is 0 Å². The van der Waals surface area contributed by atoms with Crippen molar-refractivity contribution < 1.29 is 4.39 Å². The van der Waals surface area contributed by atoms with Crippen LogP contribution in [0.25, 0.3) is 0 Å². The van der Waals surface area contributed by atoms with Gasteiger partial charge in [0.2, 0.25) is 0 Å². The molecule has 0 aliphatic heterocycles. The molecule has 14 heavy (non-hydrogen) atoms. The van der Waals surface area contributed by atoms with Crippen LogP contribution in [0.5, 0.6) is 0 Å². The first-order chi connectivity index (χ1) is 6.79. The minimum atomic E-state index is -0.382. The maximum absolute atomic E-state index is 13.5. The van der Waals surface area contributed by atoms with E-state index in [1.807, 2.05) is 6.92 Å². The van der Waals surface area contributed by atoms with E-state index in [4.69, 9.17) is 0 Å². The topological polar surface area (TPSA) is 37.8 Å². The van der Waals surface area contributed by atoms with E-state index in [0.29, 0.717) is 18.7 Å². The summed E-state index contributed by atoms with van der Waals surface area (Å²) in [4.78, 5) is 7.62. The number of aryl methyl sites for hydroxylation is 1. The van der Waals surface area contributed by atoms with E-state index < -0.39 is 0 Å². The second kappa shape index (κ2) is 5.18. The fourth-order valence-corrected chi connectivity index (χ4v) is 0.992. The lowest BCUT2D eigenvalue weighted by molar-refractivity contribution is 0.597. The Labute approximate surface area is 82.8 Å². The summed E-state index contributed by atoms with van der Waals surface area (Å²) >= 11 is 0. The molecular weight excluding hydrogens is 181 g/mol. The third-order valence-corrected chi connectivity index (χ3v) is 1.72. The average Bonchev–Trinajstić information content (AvgIpc) is 2.21. The molecule has 0 bridgehead atoms. The molecule has 0 unspecified atom stereocenters. The zero-order valence-corrected chi connectivity index (χ0v) is 8.26. The fraction of sp³-hybridized carbons (Fsp3) is 0.400. The van der Waals surface area contributed by atoms with Gasteiger partial charge < -0.3 is 5.32 Å². The molecule has 0 saturated carbocycles. The number of nitrogens with one attached hydrogen (secondary N) is 1. The highest BCUT2D eigenvalue weighted by Crippen LogP contribution is 2.12. The Hall–Kier alpha value is -1.63. The molecule has 1 aromatic heterocycles. The summed E-state index contributed by atoms with van der Waals surface area (Å²) < 4.78 is 13.5. The number of hydrogen-bond donors (Lipinski definition) is 1. The first-order valence-corrected chi connectivity index (χ1v) is 4.42. The Kier molecular flexibility index (Phi) is 3.86. The number of hydrogen-bond acceptors (Lipinski definition) is 3. The Morgan fingerprint density at radius 1 is 1.50 bits per heavy atom. The van der Waals surface area contributed by atoms with Crippen molar-refractivity contribution in [1.29, 1.82) is 0 Å². The van der Waals surface area contributed by atoms with Crippen molar-refractivity contribution in [3.05, 3.63) is 17.8 Å². The van der Waals surface area contributed by atoms with Gasteiger partial charge in [-0.15, -0.1) is 5.92 Å². The highest BCUT2D eigenvalue weighted by Gasteiger charge is 2.07. The molecule has 0 fully saturated rings. The van der Waals surface area contributed by atoms with E-state index in [9.17, 15) is 4.39 Å². The summed E-state index contributed by atoms with van der Waals surface area (Å²) in [7, 11) is 0. The van der Waals surface area contributed by atoms with Crippen molar-refractivity contribution in [1.82, 2.24) is 9.97 Å². The normalized spacial score (nSPS) is 9.07. The highest BCUT2D eigenvalue weighted by molar-refractivity contribution is 5.38. The summed E-state index contributed by atoms with van der Waals surface area (Å²) in [5.74, 6) is 5.32. The Balaban J connectivity index is 2.79. The molecule has 74 valence electrons. The van der Waals surface area contributed by atoms with Gasteiger partial charge in [-0.05, 0) is 13.3 Å². The largest absolute Gasteiger partial charge is 0.357 e. The second-order valence-corrected chi connectivity index (χ2v) is 2.62. The van der Waals surface area contributed by atoms with Gasteiger partial charge in [-0.1, -0.05) is 12.8 Å². The lowest BCUT2D eigenvalue weighted by Crippen LogP contribution is -2.06. The van der Waals surface area contributed by atoms with Crippen LogP contribution in [-0.2, 0) is 6.42 Å². The molecule has 0 atom stereocenters. The molecule has 0 amide bonds. The van der Waals surface area contributed by atoms with Crippen LogP contribution in [-0.4, -0.2) is 16.5 Å². The molecule has 1 N–H and O–H groups in total. The van der Waals surface area contributed by atoms with Gasteiger partial charge in [-0.25, -0.2) is 14.4 Å². The SMILES string of the molecule is CC#CCNc1ncnc(CC)c1F. The minimum Gasteiger partial charge on any atom is -0.357 e. The van der Waals surface area contributed by atoms with Gasteiger partial charge in [0.25, 0.3) is 0 Å². The number of anilines is 1. The number of rotatable bonds is 3. The molecule has 0 aliphatic rings. The van der Waals surface area contributed by atoms with E-state index >= 15 is 0 Å². The van der Waals surface area contributed by atoms with Crippen LogP contribution in [0.15, 0.2) is 6.33 Å². The first kappa shape index (κ1) is 10.5. The van der Waals surface area contributed by atoms with Gasteiger partial charge in [-0.3, -0.25) is 0 Å². The van der Waals surface area contributed by atoms with Crippen LogP contribution in [0.1, 0.15) is 19.5 Å². The monoisotopic (exact) mass is 193 g/mol. The van der Waals surface area contributed by atoms with Crippen LogP contribution in [0.2, 0.25) is 0 Å². The molecule has 0 radical (unpaired) electrons. The van der Waals surface area contributed by atoms with Crippen LogP contribution >= 0.6 is 0 Å². The Morgan fingerprint density at radius 3 is 2.93 bits per heavy atom. The molecular formula is C10H12FN3. The average molecular weight is 193 g/mol. The molecule has 1 heterocycles. The van der Waals surface area contributed by atoms with Crippen molar-refractivity contribution in [2.45, 2.75) is 20.3 Å². The Bertz CT molecular complexity index is 365. The summed E-state index contributed by atoms with van der Waals surface area (Å²) in [6, 6.07) is 0. The highest BCUT2D eigenvalue weighted by atomic mass is 19.1. The van der Waals surface area contributed by atoms with Gasteiger partial charge in [0, 0.05) is 0 Å². The number of nitrogens with zero attached hydrogens (tertiary/aromatic N) is 2. The van der Waals surface area contributed by atoms with E-state index in [0.717, 1.165) is 0 Å². The second-order valence-electron chi connectivity index (χ2n) is 2.62. The maximum atomic E-state index is 13.5. The van der Waals surface area contributed by atoms with E-state index in [-0.39, 0.29) is 11.6 Å². The summed E-state index contributed by atoms with van der Waals surface area (Å²) in [6.07, 6.45) is 1.91.